The summed E-state index contributed by atoms with van der Waals surface area (Å²) < 4.78 is 0. The van der Waals surface area contributed by atoms with Crippen molar-refractivity contribution in [3.8, 4) is 0 Å². The van der Waals surface area contributed by atoms with Crippen molar-refractivity contribution in [2.24, 2.45) is 4.99 Å². The van der Waals surface area contributed by atoms with Crippen molar-refractivity contribution in [2.75, 3.05) is 0 Å². The highest BCUT2D eigenvalue weighted by Crippen LogP contribution is 2.36. The van der Waals surface area contributed by atoms with E-state index in [0.29, 0.717) is 10.8 Å². The average molecular weight is 483 g/mol. The molecule has 0 unspecified atom stereocenters. The molecule has 1 aliphatic rings. The van der Waals surface area contributed by atoms with Crippen molar-refractivity contribution in [1.82, 2.24) is 15.0 Å². The molecule has 0 fully saturated rings. The highest BCUT2D eigenvalue weighted by Gasteiger charge is 2.23. The molecule has 6 aromatic rings. The van der Waals surface area contributed by atoms with Gasteiger partial charge in [0.25, 0.3) is 11.1 Å². The molecule has 0 saturated heterocycles. The lowest BCUT2D eigenvalue weighted by Crippen LogP contribution is -2.34. The topological polar surface area (TPSA) is 93.9 Å². The summed E-state index contributed by atoms with van der Waals surface area (Å²) in [6.45, 7) is 4.00. The molecule has 37 heavy (non-hydrogen) atoms. The van der Waals surface area contributed by atoms with Crippen LogP contribution in [-0.2, 0) is 0 Å². The Morgan fingerprint density at radius 2 is 1.24 bits per heavy atom. The summed E-state index contributed by atoms with van der Waals surface area (Å²) in [5, 5.41) is 4.46. The first kappa shape index (κ1) is 21.3. The quantitative estimate of drug-likeness (QED) is 0.341. The maximum atomic E-state index is 12.9. The molecule has 178 valence electrons. The molecule has 7 rings (SSSR count). The van der Waals surface area contributed by atoms with Crippen LogP contribution in [0.1, 0.15) is 23.7 Å². The fraction of sp³-hybridized carbons (Fsp3) is 0.0645. The third kappa shape index (κ3) is 3.02. The van der Waals surface area contributed by atoms with Crippen LogP contribution in [0.4, 0.5) is 0 Å². The van der Waals surface area contributed by atoms with E-state index in [9.17, 15) is 9.59 Å². The van der Waals surface area contributed by atoms with Gasteiger partial charge in [-0.05, 0) is 37.1 Å². The molecule has 3 N–H and O–H groups in total. The third-order valence-corrected chi connectivity index (χ3v) is 7.33. The van der Waals surface area contributed by atoms with Crippen molar-refractivity contribution >= 4 is 43.7 Å². The van der Waals surface area contributed by atoms with Crippen molar-refractivity contribution in [3.05, 3.63) is 133 Å². The zero-order chi connectivity index (χ0) is 25.3. The van der Waals surface area contributed by atoms with Gasteiger partial charge in [0.15, 0.2) is 0 Å². The van der Waals surface area contributed by atoms with E-state index in [0.717, 1.165) is 66.2 Å². The minimum atomic E-state index is -0.128. The van der Waals surface area contributed by atoms with Crippen LogP contribution < -0.4 is 21.8 Å². The number of aromatic amines is 3. The predicted octanol–water partition coefficient (Wildman–Crippen LogP) is 4.42. The number of nitrogens with one attached hydrogen (secondary N) is 3. The number of H-pyrrole nitrogens is 3. The molecule has 3 aromatic heterocycles. The molecule has 0 aliphatic carbocycles. The number of aromatic nitrogens is 3. The maximum absolute atomic E-state index is 12.9. The van der Waals surface area contributed by atoms with Crippen LogP contribution in [-0.4, -0.2) is 15.0 Å². The zero-order valence-electron chi connectivity index (χ0n) is 20.3. The van der Waals surface area contributed by atoms with Crippen LogP contribution in [0.15, 0.2) is 99.1 Å². The first-order valence-corrected chi connectivity index (χ1v) is 12.2. The standard InChI is InChI=1S/C31H22N4O2/c1-16-24(32-28-19-12-6-8-14-21(19)30(36)34-26(16)28)23(18-10-4-3-5-11-18)25-17(2)27-29(33-25)20-13-7-9-15-22(20)31(37)35-27/h3-15,32H,1-2H3,(H,34,36)(H,35,37)/b25-23-. The normalized spacial score (nSPS) is 14.4. The van der Waals surface area contributed by atoms with Gasteiger partial charge in [-0.3, -0.25) is 9.59 Å². The Morgan fingerprint density at radius 1 is 0.649 bits per heavy atom. The van der Waals surface area contributed by atoms with Gasteiger partial charge >= 0.3 is 0 Å². The molecule has 0 amide bonds. The molecule has 6 nitrogen and oxygen atoms in total. The van der Waals surface area contributed by atoms with Crippen LogP contribution >= 0.6 is 0 Å². The van der Waals surface area contributed by atoms with Crippen molar-refractivity contribution in [3.63, 3.8) is 0 Å². The van der Waals surface area contributed by atoms with E-state index in [1.54, 1.807) is 0 Å². The summed E-state index contributed by atoms with van der Waals surface area (Å²) in [7, 11) is 0. The summed E-state index contributed by atoms with van der Waals surface area (Å²) in [6.07, 6.45) is 0. The highest BCUT2D eigenvalue weighted by molar-refractivity contribution is 6.07. The first-order valence-electron chi connectivity index (χ1n) is 12.2. The number of fused-ring (bicyclic) bond motifs is 6. The molecule has 3 aromatic carbocycles. The minimum Gasteiger partial charge on any atom is -0.352 e. The summed E-state index contributed by atoms with van der Waals surface area (Å²) >= 11 is 0. The second-order valence-electron chi connectivity index (χ2n) is 9.42. The SMILES string of the molecule is CC1=c2[nH]c(=O)c3ccccc3c2=N/C1=C(/c1ccccc1)c1[nH]c2c([nH]c(=O)c3ccccc32)c1C. The molecule has 0 saturated carbocycles. The lowest BCUT2D eigenvalue weighted by Gasteiger charge is -2.12. The molecule has 0 spiro atoms. The molecule has 0 atom stereocenters. The van der Waals surface area contributed by atoms with Crippen LogP contribution in [0.25, 0.3) is 43.7 Å². The Labute approximate surface area is 210 Å². The molecule has 4 heterocycles. The van der Waals surface area contributed by atoms with Gasteiger partial charge in [-0.2, -0.15) is 0 Å². The number of hydrogen-bond acceptors (Lipinski definition) is 3. The van der Waals surface area contributed by atoms with Gasteiger partial charge in [-0.1, -0.05) is 66.7 Å². The van der Waals surface area contributed by atoms with E-state index in [2.05, 4.69) is 27.1 Å². The fourth-order valence-corrected chi connectivity index (χ4v) is 5.49. The largest absolute Gasteiger partial charge is 0.352 e. The predicted molar refractivity (Wildman–Crippen MR) is 148 cm³/mol. The lowest BCUT2D eigenvalue weighted by molar-refractivity contribution is 1.17. The van der Waals surface area contributed by atoms with Gasteiger partial charge in [-0.15, -0.1) is 0 Å². The number of aryl methyl sites for hydroxylation is 1. The van der Waals surface area contributed by atoms with E-state index in [1.165, 1.54) is 0 Å². The number of allylic oxidation sites excluding steroid dienone is 1. The number of rotatable bonds is 2. The van der Waals surface area contributed by atoms with Crippen molar-refractivity contribution in [1.29, 1.82) is 0 Å². The Morgan fingerprint density at radius 3 is 1.97 bits per heavy atom. The van der Waals surface area contributed by atoms with E-state index < -0.39 is 0 Å². The Kier molecular flexibility index (Phi) is 4.48. The molecule has 0 bridgehead atoms. The first-order chi connectivity index (χ1) is 18.0. The van der Waals surface area contributed by atoms with Gasteiger partial charge in [0.1, 0.15) is 0 Å². The van der Waals surface area contributed by atoms with E-state index in [-0.39, 0.29) is 11.1 Å². The van der Waals surface area contributed by atoms with Crippen LogP contribution in [0.2, 0.25) is 0 Å². The minimum absolute atomic E-state index is 0.115. The second-order valence-corrected chi connectivity index (χ2v) is 9.42. The maximum Gasteiger partial charge on any atom is 0.256 e. The molecule has 0 radical (unpaired) electrons. The molecular formula is C31H22N4O2. The number of hydrogen-bond donors (Lipinski definition) is 3. The number of nitrogens with zero attached hydrogens (tertiary/aromatic N) is 1. The van der Waals surface area contributed by atoms with Gasteiger partial charge in [0.2, 0.25) is 0 Å². The monoisotopic (exact) mass is 482 g/mol. The third-order valence-electron chi connectivity index (χ3n) is 7.33. The fourth-order valence-electron chi connectivity index (χ4n) is 5.49. The van der Waals surface area contributed by atoms with Gasteiger partial charge < -0.3 is 15.0 Å². The second kappa shape index (κ2) is 7.77. The van der Waals surface area contributed by atoms with Gasteiger partial charge in [0.05, 0.1) is 33.1 Å². The zero-order valence-corrected chi connectivity index (χ0v) is 20.3. The molecule has 1 aliphatic heterocycles. The Balaban J connectivity index is 1.64. The summed E-state index contributed by atoms with van der Waals surface area (Å²) in [5.74, 6) is 0. The van der Waals surface area contributed by atoms with Crippen molar-refractivity contribution in [2.45, 2.75) is 13.8 Å². The average Bonchev–Trinajstić information content (AvgIpc) is 3.43. The van der Waals surface area contributed by atoms with Crippen LogP contribution in [0.3, 0.4) is 0 Å². The Hall–Kier alpha value is -4.97. The van der Waals surface area contributed by atoms with E-state index >= 15 is 0 Å². The summed E-state index contributed by atoms with van der Waals surface area (Å²) in [5.41, 5.74) is 6.81. The molecular weight excluding hydrogens is 460 g/mol. The number of pyridine rings is 2. The lowest BCUT2D eigenvalue weighted by atomic mass is 9.96. The number of benzene rings is 3. The summed E-state index contributed by atoms with van der Waals surface area (Å²) in [4.78, 5) is 40.6. The van der Waals surface area contributed by atoms with E-state index in [1.807, 2.05) is 80.6 Å². The highest BCUT2D eigenvalue weighted by atomic mass is 16.1. The van der Waals surface area contributed by atoms with Crippen LogP contribution in [0.5, 0.6) is 0 Å². The summed E-state index contributed by atoms with van der Waals surface area (Å²) in [6, 6.07) is 25.3. The molecule has 6 heteroatoms. The van der Waals surface area contributed by atoms with Gasteiger partial charge in [-0.25, -0.2) is 4.99 Å². The Bertz CT molecular complexity index is 2200. The van der Waals surface area contributed by atoms with Crippen LogP contribution in [0, 0.1) is 6.92 Å². The van der Waals surface area contributed by atoms with Gasteiger partial charge in [0, 0.05) is 32.7 Å². The van der Waals surface area contributed by atoms with E-state index in [4.69, 9.17) is 4.99 Å². The smallest absolute Gasteiger partial charge is 0.256 e. The van der Waals surface area contributed by atoms with Crippen molar-refractivity contribution < 1.29 is 0 Å².